The number of aryl methyl sites for hydroxylation is 1. The van der Waals surface area contributed by atoms with Crippen LogP contribution in [0.2, 0.25) is 0 Å². The fraction of sp³-hybridized carbons (Fsp3) is 0.0526. The number of carbonyl (C=O) groups is 1. The molecule has 1 heterocycles. The molecule has 7 nitrogen and oxygen atoms in total. The van der Waals surface area contributed by atoms with Gasteiger partial charge < -0.3 is 9.73 Å². The predicted octanol–water partition coefficient (Wildman–Crippen LogP) is 4.29. The SMILES string of the molecule is Cc1ccc(-c2ccc(C(=O)Nc3ccccc3C#N)o2)cc1[N+](=O)[O-]. The zero-order chi connectivity index (χ0) is 18.7. The Labute approximate surface area is 148 Å². The summed E-state index contributed by atoms with van der Waals surface area (Å²) in [5.74, 6) is -0.136. The lowest BCUT2D eigenvalue weighted by atomic mass is 10.1. The summed E-state index contributed by atoms with van der Waals surface area (Å²) in [5.41, 5.74) is 1.73. The van der Waals surface area contributed by atoms with Gasteiger partial charge in [-0.3, -0.25) is 14.9 Å². The highest BCUT2D eigenvalue weighted by Crippen LogP contribution is 2.28. The fourth-order valence-electron chi connectivity index (χ4n) is 2.45. The minimum atomic E-state index is -0.513. The molecule has 0 aliphatic carbocycles. The Bertz CT molecular complexity index is 1050. The van der Waals surface area contributed by atoms with Gasteiger partial charge in [-0.2, -0.15) is 5.26 Å². The summed E-state index contributed by atoms with van der Waals surface area (Å²) in [7, 11) is 0. The number of anilines is 1. The molecule has 0 bridgehead atoms. The molecule has 0 radical (unpaired) electrons. The largest absolute Gasteiger partial charge is 0.451 e. The van der Waals surface area contributed by atoms with Crippen molar-refractivity contribution in [1.82, 2.24) is 0 Å². The van der Waals surface area contributed by atoms with Crippen molar-refractivity contribution in [2.24, 2.45) is 0 Å². The second-order valence-corrected chi connectivity index (χ2v) is 5.53. The van der Waals surface area contributed by atoms with Crippen LogP contribution in [0.15, 0.2) is 59.0 Å². The Kier molecular flexibility index (Phi) is 4.50. The number of benzene rings is 2. The van der Waals surface area contributed by atoms with Gasteiger partial charge in [-0.15, -0.1) is 0 Å². The number of nitrogens with zero attached hydrogens (tertiary/aromatic N) is 2. The molecule has 0 spiro atoms. The maximum Gasteiger partial charge on any atom is 0.291 e. The number of hydrogen-bond donors (Lipinski definition) is 1. The topological polar surface area (TPSA) is 109 Å². The number of para-hydroxylation sites is 1. The molecule has 1 N–H and O–H groups in total. The Balaban J connectivity index is 1.86. The molecular formula is C19H13N3O4. The van der Waals surface area contributed by atoms with E-state index in [2.05, 4.69) is 5.32 Å². The molecular weight excluding hydrogens is 334 g/mol. The summed E-state index contributed by atoms with van der Waals surface area (Å²) >= 11 is 0. The van der Waals surface area contributed by atoms with Gasteiger partial charge in [-0.05, 0) is 31.2 Å². The first-order chi connectivity index (χ1) is 12.5. The summed E-state index contributed by atoms with van der Waals surface area (Å²) in [4.78, 5) is 22.9. The summed E-state index contributed by atoms with van der Waals surface area (Å²) in [6.45, 7) is 1.65. The van der Waals surface area contributed by atoms with Gasteiger partial charge in [0.1, 0.15) is 11.8 Å². The zero-order valence-electron chi connectivity index (χ0n) is 13.7. The van der Waals surface area contributed by atoms with Crippen LogP contribution in [-0.2, 0) is 0 Å². The number of nitriles is 1. The normalized spacial score (nSPS) is 10.2. The number of rotatable bonds is 4. The Hall–Kier alpha value is -3.92. The molecule has 26 heavy (non-hydrogen) atoms. The highest BCUT2D eigenvalue weighted by atomic mass is 16.6. The molecule has 1 amide bonds. The molecule has 3 rings (SSSR count). The lowest BCUT2D eigenvalue weighted by Crippen LogP contribution is -2.11. The number of hydrogen-bond acceptors (Lipinski definition) is 5. The van der Waals surface area contributed by atoms with Crippen molar-refractivity contribution in [2.75, 3.05) is 5.32 Å². The Morgan fingerprint density at radius 3 is 2.69 bits per heavy atom. The second kappa shape index (κ2) is 6.91. The van der Waals surface area contributed by atoms with Crippen LogP contribution in [0.1, 0.15) is 21.7 Å². The standard InChI is InChI=1S/C19H13N3O4/c1-12-6-7-13(10-16(12)22(24)25)17-8-9-18(26-17)19(23)21-15-5-3-2-4-14(15)11-20/h2-10H,1H3,(H,21,23). The number of furan rings is 1. The number of nitrogens with one attached hydrogen (secondary N) is 1. The van der Waals surface area contributed by atoms with Crippen molar-refractivity contribution in [2.45, 2.75) is 6.92 Å². The van der Waals surface area contributed by atoms with E-state index in [1.165, 1.54) is 12.1 Å². The van der Waals surface area contributed by atoms with Crippen molar-refractivity contribution in [3.63, 3.8) is 0 Å². The average molecular weight is 347 g/mol. The lowest BCUT2D eigenvalue weighted by molar-refractivity contribution is -0.385. The second-order valence-electron chi connectivity index (χ2n) is 5.53. The molecule has 0 saturated carbocycles. The molecule has 3 aromatic rings. The van der Waals surface area contributed by atoms with Crippen molar-refractivity contribution in [1.29, 1.82) is 5.26 Å². The first-order valence-corrected chi connectivity index (χ1v) is 7.65. The van der Waals surface area contributed by atoms with Crippen LogP contribution in [0, 0.1) is 28.4 Å². The Morgan fingerprint density at radius 2 is 1.96 bits per heavy atom. The molecule has 0 atom stereocenters. The Morgan fingerprint density at radius 1 is 1.19 bits per heavy atom. The third kappa shape index (κ3) is 3.30. The van der Waals surface area contributed by atoms with Gasteiger partial charge in [0.05, 0.1) is 16.2 Å². The fourth-order valence-corrected chi connectivity index (χ4v) is 2.45. The average Bonchev–Trinajstić information content (AvgIpc) is 3.12. The molecule has 7 heteroatoms. The van der Waals surface area contributed by atoms with E-state index in [4.69, 9.17) is 9.68 Å². The maximum absolute atomic E-state index is 12.3. The number of nitro benzene ring substituents is 1. The summed E-state index contributed by atoms with van der Waals surface area (Å²) in [5, 5.41) is 22.8. The summed E-state index contributed by atoms with van der Waals surface area (Å²) in [6, 6.07) is 16.4. The number of carbonyl (C=O) groups excluding carboxylic acids is 1. The van der Waals surface area contributed by atoms with E-state index < -0.39 is 10.8 Å². The molecule has 1 aromatic heterocycles. The van der Waals surface area contributed by atoms with Crippen LogP contribution >= 0.6 is 0 Å². The predicted molar refractivity (Wildman–Crippen MR) is 94.6 cm³/mol. The van der Waals surface area contributed by atoms with Crippen molar-refractivity contribution >= 4 is 17.3 Å². The minimum absolute atomic E-state index is 0.0205. The van der Waals surface area contributed by atoms with E-state index >= 15 is 0 Å². The molecule has 0 aliphatic heterocycles. The quantitative estimate of drug-likeness (QED) is 0.559. The van der Waals surface area contributed by atoms with Gasteiger partial charge in [-0.25, -0.2) is 0 Å². The first kappa shape index (κ1) is 16.9. The van der Waals surface area contributed by atoms with Gasteiger partial charge in [0.15, 0.2) is 5.76 Å². The summed E-state index contributed by atoms with van der Waals surface area (Å²) < 4.78 is 5.53. The van der Waals surface area contributed by atoms with Crippen LogP contribution < -0.4 is 5.32 Å². The molecule has 0 aliphatic rings. The first-order valence-electron chi connectivity index (χ1n) is 7.65. The zero-order valence-corrected chi connectivity index (χ0v) is 13.7. The number of nitro groups is 1. The van der Waals surface area contributed by atoms with Gasteiger partial charge in [0.2, 0.25) is 0 Å². The number of amides is 1. The third-order valence-corrected chi connectivity index (χ3v) is 3.82. The van der Waals surface area contributed by atoms with Crippen LogP contribution in [0.5, 0.6) is 0 Å². The monoisotopic (exact) mass is 347 g/mol. The van der Waals surface area contributed by atoms with Crippen molar-refractivity contribution < 1.29 is 14.1 Å². The van der Waals surface area contributed by atoms with Crippen LogP contribution in [0.3, 0.4) is 0 Å². The molecule has 0 saturated heterocycles. The van der Waals surface area contributed by atoms with Crippen LogP contribution in [0.25, 0.3) is 11.3 Å². The van der Waals surface area contributed by atoms with E-state index in [-0.39, 0.29) is 11.4 Å². The van der Waals surface area contributed by atoms with Gasteiger partial charge >= 0.3 is 0 Å². The highest BCUT2D eigenvalue weighted by molar-refractivity contribution is 6.03. The van der Waals surface area contributed by atoms with E-state index in [0.717, 1.165) is 0 Å². The van der Waals surface area contributed by atoms with E-state index in [1.807, 2.05) is 6.07 Å². The van der Waals surface area contributed by atoms with Gasteiger partial charge in [0, 0.05) is 17.2 Å². The van der Waals surface area contributed by atoms with E-state index in [1.54, 1.807) is 49.4 Å². The lowest BCUT2D eigenvalue weighted by Gasteiger charge is -2.05. The summed E-state index contributed by atoms with van der Waals surface area (Å²) in [6.07, 6.45) is 0. The van der Waals surface area contributed by atoms with E-state index in [9.17, 15) is 14.9 Å². The van der Waals surface area contributed by atoms with Crippen molar-refractivity contribution in [3.8, 4) is 17.4 Å². The van der Waals surface area contributed by atoms with Crippen LogP contribution in [0.4, 0.5) is 11.4 Å². The van der Waals surface area contributed by atoms with E-state index in [0.29, 0.717) is 28.1 Å². The molecule has 0 fully saturated rings. The highest BCUT2D eigenvalue weighted by Gasteiger charge is 2.17. The van der Waals surface area contributed by atoms with Gasteiger partial charge in [-0.1, -0.05) is 24.3 Å². The van der Waals surface area contributed by atoms with Crippen LogP contribution in [-0.4, -0.2) is 10.8 Å². The minimum Gasteiger partial charge on any atom is -0.451 e. The maximum atomic E-state index is 12.3. The molecule has 0 unspecified atom stereocenters. The smallest absolute Gasteiger partial charge is 0.291 e. The third-order valence-electron chi connectivity index (χ3n) is 3.82. The molecule has 2 aromatic carbocycles. The van der Waals surface area contributed by atoms with Gasteiger partial charge in [0.25, 0.3) is 11.6 Å². The molecule has 128 valence electrons. The van der Waals surface area contributed by atoms with Crippen molar-refractivity contribution in [3.05, 3.63) is 81.6 Å².